The van der Waals surface area contributed by atoms with E-state index in [1.54, 1.807) is 7.11 Å². The molecule has 0 aromatic heterocycles. The van der Waals surface area contributed by atoms with Crippen molar-refractivity contribution in [2.24, 2.45) is 10.4 Å². The second-order valence-corrected chi connectivity index (χ2v) is 7.18. The molecule has 0 radical (unpaired) electrons. The fourth-order valence-corrected chi connectivity index (χ4v) is 2.87. The normalized spacial score (nSPS) is 19.7. The highest BCUT2D eigenvalue weighted by atomic mass is 16.5. The summed E-state index contributed by atoms with van der Waals surface area (Å²) in [5, 5.41) is 3.49. The van der Waals surface area contributed by atoms with Gasteiger partial charge in [0, 0.05) is 38.2 Å². The Labute approximate surface area is 134 Å². The third-order valence-corrected chi connectivity index (χ3v) is 5.10. The number of methoxy groups -OCH3 is 1. The minimum absolute atomic E-state index is 0.118. The fourth-order valence-electron chi connectivity index (χ4n) is 2.87. The van der Waals surface area contributed by atoms with Crippen LogP contribution in [0.5, 0.6) is 0 Å². The Hall–Kier alpha value is -1.55. The minimum Gasteiger partial charge on any atom is -0.380 e. The van der Waals surface area contributed by atoms with E-state index < -0.39 is 0 Å². The molecule has 1 N–H and O–H groups in total. The maximum Gasteiger partial charge on any atom is 0.194 e. The van der Waals surface area contributed by atoms with E-state index in [2.05, 4.69) is 67.2 Å². The number of ether oxygens (including phenoxy) is 1. The van der Waals surface area contributed by atoms with E-state index in [1.165, 1.54) is 11.1 Å². The van der Waals surface area contributed by atoms with Crippen molar-refractivity contribution in [1.29, 1.82) is 0 Å². The van der Waals surface area contributed by atoms with Crippen molar-refractivity contribution in [3.63, 3.8) is 0 Å². The van der Waals surface area contributed by atoms with Crippen LogP contribution in [0, 0.1) is 5.41 Å². The van der Waals surface area contributed by atoms with Crippen LogP contribution < -0.4 is 5.32 Å². The van der Waals surface area contributed by atoms with Gasteiger partial charge in [-0.25, -0.2) is 0 Å². The van der Waals surface area contributed by atoms with Crippen molar-refractivity contribution in [3.05, 3.63) is 35.4 Å². The first-order valence-corrected chi connectivity index (χ1v) is 7.87. The molecular weight excluding hydrogens is 274 g/mol. The largest absolute Gasteiger partial charge is 0.380 e. The lowest BCUT2D eigenvalue weighted by Gasteiger charge is -2.62. The van der Waals surface area contributed by atoms with Gasteiger partial charge in [0.2, 0.25) is 0 Å². The number of guanidine groups is 1. The van der Waals surface area contributed by atoms with Crippen LogP contribution >= 0.6 is 0 Å². The molecule has 1 heterocycles. The van der Waals surface area contributed by atoms with Gasteiger partial charge in [-0.3, -0.25) is 4.99 Å². The Bertz CT molecular complexity index is 549. The number of nitrogens with zero attached hydrogens (tertiary/aromatic N) is 2. The van der Waals surface area contributed by atoms with Gasteiger partial charge < -0.3 is 15.0 Å². The molecule has 1 aromatic rings. The van der Waals surface area contributed by atoms with E-state index in [0.717, 1.165) is 19.0 Å². The molecule has 1 aliphatic heterocycles. The highest BCUT2D eigenvalue weighted by Gasteiger charge is 2.53. The lowest BCUT2D eigenvalue weighted by Crippen LogP contribution is -2.72. The summed E-state index contributed by atoms with van der Waals surface area (Å²) in [5.74, 6) is 0.974. The molecule has 0 spiro atoms. The zero-order valence-electron chi connectivity index (χ0n) is 14.7. The predicted octanol–water partition coefficient (Wildman–Crippen LogP) is 3.03. The molecule has 1 fully saturated rings. The van der Waals surface area contributed by atoms with E-state index in [0.29, 0.717) is 12.0 Å². The van der Waals surface area contributed by atoms with Crippen molar-refractivity contribution < 1.29 is 4.74 Å². The number of nitrogens with one attached hydrogen (secondary N) is 1. The Kier molecular flexibility index (Phi) is 4.81. The summed E-state index contributed by atoms with van der Waals surface area (Å²) in [7, 11) is 3.57. The van der Waals surface area contributed by atoms with Crippen molar-refractivity contribution in [2.45, 2.75) is 46.4 Å². The average molecular weight is 303 g/mol. The molecule has 0 atom stereocenters. The highest BCUT2D eigenvalue weighted by Crippen LogP contribution is 2.46. The summed E-state index contributed by atoms with van der Waals surface area (Å²) < 4.78 is 5.19. The van der Waals surface area contributed by atoms with Crippen LogP contribution in [0.4, 0.5) is 0 Å². The first-order chi connectivity index (χ1) is 10.3. The standard InChI is InChI=1S/C18H29N3O/c1-17(2)13-21(18(17,3)4)16(19-5)20-11-14-8-7-9-15(10-14)12-22-6/h7-10H,11-13H2,1-6H3,(H,19,20). The molecule has 1 aromatic carbocycles. The molecule has 2 rings (SSSR count). The molecular formula is C18H29N3O. The molecule has 4 heteroatoms. The first kappa shape index (κ1) is 16.8. The van der Waals surface area contributed by atoms with E-state index in [-0.39, 0.29) is 5.54 Å². The number of aliphatic imine (C=N–C) groups is 1. The quantitative estimate of drug-likeness (QED) is 0.686. The van der Waals surface area contributed by atoms with Gasteiger partial charge in [-0.05, 0) is 25.0 Å². The fraction of sp³-hybridized carbons (Fsp3) is 0.611. The van der Waals surface area contributed by atoms with Crippen molar-refractivity contribution >= 4 is 5.96 Å². The summed E-state index contributed by atoms with van der Waals surface area (Å²) in [4.78, 5) is 6.81. The van der Waals surface area contributed by atoms with Crippen LogP contribution in [-0.4, -0.2) is 37.1 Å². The number of hydrogen-bond donors (Lipinski definition) is 1. The van der Waals surface area contributed by atoms with Crippen molar-refractivity contribution in [1.82, 2.24) is 10.2 Å². The van der Waals surface area contributed by atoms with Gasteiger partial charge in [-0.1, -0.05) is 38.1 Å². The summed E-state index contributed by atoms with van der Waals surface area (Å²) in [6.45, 7) is 11.6. The van der Waals surface area contributed by atoms with E-state index in [9.17, 15) is 0 Å². The Morgan fingerprint density at radius 1 is 1.27 bits per heavy atom. The number of rotatable bonds is 4. The molecule has 1 saturated heterocycles. The van der Waals surface area contributed by atoms with Crippen LogP contribution in [-0.2, 0) is 17.9 Å². The van der Waals surface area contributed by atoms with Crippen LogP contribution in [0.25, 0.3) is 0 Å². The lowest BCUT2D eigenvalue weighted by atomic mass is 9.65. The van der Waals surface area contributed by atoms with Gasteiger partial charge in [0.25, 0.3) is 0 Å². The first-order valence-electron chi connectivity index (χ1n) is 7.87. The summed E-state index contributed by atoms with van der Waals surface area (Å²) in [6, 6.07) is 8.47. The second kappa shape index (κ2) is 6.29. The summed E-state index contributed by atoms with van der Waals surface area (Å²) in [6.07, 6.45) is 0. The van der Waals surface area contributed by atoms with Crippen LogP contribution in [0.1, 0.15) is 38.8 Å². The Morgan fingerprint density at radius 3 is 2.50 bits per heavy atom. The molecule has 122 valence electrons. The van der Waals surface area contributed by atoms with Gasteiger partial charge in [-0.2, -0.15) is 0 Å². The van der Waals surface area contributed by atoms with Crippen molar-refractivity contribution in [3.8, 4) is 0 Å². The zero-order valence-corrected chi connectivity index (χ0v) is 14.7. The Morgan fingerprint density at radius 2 is 1.95 bits per heavy atom. The second-order valence-electron chi connectivity index (χ2n) is 7.18. The molecule has 0 aliphatic carbocycles. The molecule has 22 heavy (non-hydrogen) atoms. The molecule has 0 bridgehead atoms. The molecule has 0 amide bonds. The topological polar surface area (TPSA) is 36.9 Å². The molecule has 0 unspecified atom stereocenters. The van der Waals surface area contributed by atoms with Crippen molar-refractivity contribution in [2.75, 3.05) is 20.7 Å². The summed E-state index contributed by atoms with van der Waals surface area (Å²) in [5.41, 5.74) is 2.87. The Balaban J connectivity index is 2.00. The van der Waals surface area contributed by atoms with Gasteiger partial charge in [-0.15, -0.1) is 0 Å². The zero-order chi connectivity index (χ0) is 16.4. The SMILES string of the molecule is CN=C(NCc1cccc(COC)c1)N1CC(C)(C)C1(C)C. The van der Waals surface area contributed by atoms with Gasteiger partial charge in [0.15, 0.2) is 5.96 Å². The van der Waals surface area contributed by atoms with Crippen LogP contribution in [0.3, 0.4) is 0 Å². The number of likely N-dealkylation sites (tertiary alicyclic amines) is 1. The lowest BCUT2D eigenvalue weighted by molar-refractivity contribution is -0.0667. The van der Waals surface area contributed by atoms with E-state index in [1.807, 2.05) is 7.05 Å². The number of benzene rings is 1. The average Bonchev–Trinajstić information content (AvgIpc) is 2.47. The number of hydrogen-bond acceptors (Lipinski definition) is 2. The summed E-state index contributed by atoms with van der Waals surface area (Å²) >= 11 is 0. The molecule has 4 nitrogen and oxygen atoms in total. The van der Waals surface area contributed by atoms with Gasteiger partial charge in [0.1, 0.15) is 0 Å². The van der Waals surface area contributed by atoms with Crippen LogP contribution in [0.2, 0.25) is 0 Å². The molecule has 0 saturated carbocycles. The third kappa shape index (κ3) is 3.12. The minimum atomic E-state index is 0.118. The predicted molar refractivity (Wildman–Crippen MR) is 91.9 cm³/mol. The maximum absolute atomic E-state index is 5.19. The van der Waals surface area contributed by atoms with Gasteiger partial charge >= 0.3 is 0 Å². The van der Waals surface area contributed by atoms with E-state index >= 15 is 0 Å². The highest BCUT2D eigenvalue weighted by molar-refractivity contribution is 5.82. The van der Waals surface area contributed by atoms with Gasteiger partial charge in [0.05, 0.1) is 6.61 Å². The smallest absolute Gasteiger partial charge is 0.194 e. The van der Waals surface area contributed by atoms with E-state index in [4.69, 9.17) is 4.74 Å². The monoisotopic (exact) mass is 303 g/mol. The third-order valence-electron chi connectivity index (χ3n) is 5.10. The maximum atomic E-state index is 5.19. The van der Waals surface area contributed by atoms with Crippen LogP contribution in [0.15, 0.2) is 29.3 Å². The molecule has 1 aliphatic rings.